The van der Waals surface area contributed by atoms with Gasteiger partial charge in [0.1, 0.15) is 5.82 Å². The molecule has 2 aromatic rings. The summed E-state index contributed by atoms with van der Waals surface area (Å²) in [4.78, 5) is 0. The van der Waals surface area contributed by atoms with Crippen molar-refractivity contribution in [1.29, 1.82) is 0 Å². The maximum Gasteiger partial charge on any atom is 0.146 e. The van der Waals surface area contributed by atoms with Crippen LogP contribution in [-0.2, 0) is 0 Å². The van der Waals surface area contributed by atoms with Crippen molar-refractivity contribution in [2.75, 3.05) is 5.32 Å². The summed E-state index contributed by atoms with van der Waals surface area (Å²) >= 11 is 0. The Labute approximate surface area is 108 Å². The minimum Gasteiger partial charge on any atom is -0.376 e. The minimum atomic E-state index is -0.213. The molecule has 18 heavy (non-hydrogen) atoms. The van der Waals surface area contributed by atoms with E-state index in [-0.39, 0.29) is 11.9 Å². The van der Waals surface area contributed by atoms with E-state index in [1.807, 2.05) is 13.0 Å². The van der Waals surface area contributed by atoms with E-state index >= 15 is 0 Å². The molecule has 0 spiro atoms. The molecule has 0 aliphatic carbocycles. The molecule has 0 amide bonds. The third kappa shape index (κ3) is 2.70. The van der Waals surface area contributed by atoms with Crippen LogP contribution in [0, 0.1) is 19.7 Å². The molecule has 0 heterocycles. The third-order valence-electron chi connectivity index (χ3n) is 3.15. The first-order chi connectivity index (χ1) is 8.58. The second kappa shape index (κ2) is 5.21. The molecule has 0 aromatic heterocycles. The first-order valence-electron chi connectivity index (χ1n) is 6.16. The summed E-state index contributed by atoms with van der Waals surface area (Å²) in [5, 5.41) is 3.22. The van der Waals surface area contributed by atoms with Gasteiger partial charge in [-0.25, -0.2) is 4.39 Å². The van der Waals surface area contributed by atoms with Crippen LogP contribution < -0.4 is 5.32 Å². The van der Waals surface area contributed by atoms with Gasteiger partial charge >= 0.3 is 0 Å². The maximum atomic E-state index is 13.6. The summed E-state index contributed by atoms with van der Waals surface area (Å²) in [7, 11) is 0. The quantitative estimate of drug-likeness (QED) is 0.829. The minimum absolute atomic E-state index is 0.0850. The zero-order valence-corrected chi connectivity index (χ0v) is 11.0. The normalized spacial score (nSPS) is 12.2. The van der Waals surface area contributed by atoms with Crippen molar-refractivity contribution in [3.63, 3.8) is 0 Å². The molecule has 0 aliphatic heterocycles. The van der Waals surface area contributed by atoms with Gasteiger partial charge in [0.25, 0.3) is 0 Å². The van der Waals surface area contributed by atoms with Crippen molar-refractivity contribution in [3.05, 3.63) is 65.0 Å². The Morgan fingerprint density at radius 2 is 1.78 bits per heavy atom. The van der Waals surface area contributed by atoms with Crippen molar-refractivity contribution in [2.45, 2.75) is 26.8 Å². The smallest absolute Gasteiger partial charge is 0.146 e. The van der Waals surface area contributed by atoms with Gasteiger partial charge in [-0.3, -0.25) is 0 Å². The molecule has 0 aliphatic rings. The molecule has 1 nitrogen and oxygen atoms in total. The number of hydrogen-bond acceptors (Lipinski definition) is 1. The highest BCUT2D eigenvalue weighted by atomic mass is 19.1. The van der Waals surface area contributed by atoms with E-state index in [1.54, 1.807) is 12.1 Å². The molecule has 2 aromatic carbocycles. The maximum absolute atomic E-state index is 13.6. The number of rotatable bonds is 3. The van der Waals surface area contributed by atoms with Crippen molar-refractivity contribution in [1.82, 2.24) is 0 Å². The molecule has 1 atom stereocenters. The van der Waals surface area contributed by atoms with E-state index in [4.69, 9.17) is 0 Å². The summed E-state index contributed by atoms with van der Waals surface area (Å²) < 4.78 is 13.6. The fraction of sp³-hybridized carbons (Fsp3) is 0.250. The summed E-state index contributed by atoms with van der Waals surface area (Å²) in [6, 6.07) is 13.2. The Balaban J connectivity index is 2.25. The van der Waals surface area contributed by atoms with Gasteiger partial charge in [0.05, 0.1) is 5.69 Å². The molecule has 94 valence electrons. The molecule has 2 heteroatoms. The highest BCUT2D eigenvalue weighted by Gasteiger charge is 2.10. The van der Waals surface area contributed by atoms with Crippen LogP contribution in [0.1, 0.15) is 29.7 Å². The average Bonchev–Trinajstić information content (AvgIpc) is 2.35. The van der Waals surface area contributed by atoms with Gasteiger partial charge in [0.2, 0.25) is 0 Å². The monoisotopic (exact) mass is 243 g/mol. The van der Waals surface area contributed by atoms with Crippen molar-refractivity contribution < 1.29 is 4.39 Å². The Hall–Kier alpha value is -1.83. The highest BCUT2D eigenvalue weighted by Crippen LogP contribution is 2.24. The first-order valence-corrected chi connectivity index (χ1v) is 6.16. The van der Waals surface area contributed by atoms with Crippen LogP contribution in [0.3, 0.4) is 0 Å². The summed E-state index contributed by atoms with van der Waals surface area (Å²) in [5.74, 6) is -0.213. The van der Waals surface area contributed by atoms with Gasteiger partial charge in [0.15, 0.2) is 0 Å². The van der Waals surface area contributed by atoms with Gasteiger partial charge in [0, 0.05) is 6.04 Å². The molecular weight excluding hydrogens is 225 g/mol. The van der Waals surface area contributed by atoms with E-state index in [2.05, 4.69) is 37.4 Å². The van der Waals surface area contributed by atoms with Crippen LogP contribution in [0.25, 0.3) is 0 Å². The number of hydrogen-bond donors (Lipinski definition) is 1. The van der Waals surface area contributed by atoms with Crippen molar-refractivity contribution >= 4 is 5.69 Å². The number of benzene rings is 2. The van der Waals surface area contributed by atoms with Crippen LogP contribution in [0.15, 0.2) is 42.5 Å². The van der Waals surface area contributed by atoms with Gasteiger partial charge < -0.3 is 5.32 Å². The Morgan fingerprint density at radius 1 is 1.06 bits per heavy atom. The van der Waals surface area contributed by atoms with Crippen LogP contribution in [0.5, 0.6) is 0 Å². The SMILES string of the molecule is Cc1ccc(C)c(C(C)Nc2ccccc2F)c1. The number of aryl methyl sites for hydroxylation is 2. The molecule has 0 saturated heterocycles. The molecule has 0 radical (unpaired) electrons. The van der Waals surface area contributed by atoms with Gasteiger partial charge in [-0.15, -0.1) is 0 Å². The van der Waals surface area contributed by atoms with E-state index in [1.165, 1.54) is 22.8 Å². The molecular formula is C16H18FN. The van der Waals surface area contributed by atoms with Crippen LogP contribution in [-0.4, -0.2) is 0 Å². The molecule has 0 bridgehead atoms. The van der Waals surface area contributed by atoms with Gasteiger partial charge in [-0.1, -0.05) is 35.9 Å². The molecule has 1 N–H and O–H groups in total. The van der Waals surface area contributed by atoms with Crippen LogP contribution in [0.2, 0.25) is 0 Å². The van der Waals surface area contributed by atoms with Crippen LogP contribution >= 0.6 is 0 Å². The van der Waals surface area contributed by atoms with E-state index in [0.29, 0.717) is 5.69 Å². The molecule has 1 unspecified atom stereocenters. The number of anilines is 1. The molecule has 0 saturated carbocycles. The third-order valence-corrected chi connectivity index (χ3v) is 3.15. The Morgan fingerprint density at radius 3 is 2.50 bits per heavy atom. The lowest BCUT2D eigenvalue weighted by atomic mass is 10.00. The lowest BCUT2D eigenvalue weighted by Gasteiger charge is -2.18. The summed E-state index contributed by atoms with van der Waals surface area (Å²) in [6.45, 7) is 6.20. The summed E-state index contributed by atoms with van der Waals surface area (Å²) in [6.07, 6.45) is 0. The number of halogens is 1. The van der Waals surface area contributed by atoms with E-state index < -0.39 is 0 Å². The van der Waals surface area contributed by atoms with Crippen LogP contribution in [0.4, 0.5) is 10.1 Å². The largest absolute Gasteiger partial charge is 0.376 e. The summed E-state index contributed by atoms with van der Waals surface area (Å²) in [5.41, 5.74) is 4.19. The lowest BCUT2D eigenvalue weighted by Crippen LogP contribution is -2.09. The fourth-order valence-corrected chi connectivity index (χ4v) is 2.12. The van der Waals surface area contributed by atoms with E-state index in [0.717, 1.165) is 0 Å². The highest BCUT2D eigenvalue weighted by molar-refractivity contribution is 5.47. The lowest BCUT2D eigenvalue weighted by molar-refractivity contribution is 0.627. The molecule has 2 rings (SSSR count). The average molecular weight is 243 g/mol. The molecule has 0 fully saturated rings. The van der Waals surface area contributed by atoms with Gasteiger partial charge in [-0.2, -0.15) is 0 Å². The number of para-hydroxylation sites is 1. The predicted octanol–water partition coefficient (Wildman–Crippen LogP) is 4.62. The topological polar surface area (TPSA) is 12.0 Å². The predicted molar refractivity (Wildman–Crippen MR) is 74.4 cm³/mol. The fourth-order valence-electron chi connectivity index (χ4n) is 2.12. The van der Waals surface area contributed by atoms with E-state index in [9.17, 15) is 4.39 Å². The van der Waals surface area contributed by atoms with Gasteiger partial charge in [-0.05, 0) is 44.0 Å². The Bertz CT molecular complexity index is 549. The zero-order chi connectivity index (χ0) is 13.1. The Kier molecular flexibility index (Phi) is 3.66. The van der Waals surface area contributed by atoms with Crippen molar-refractivity contribution in [2.24, 2.45) is 0 Å². The zero-order valence-electron chi connectivity index (χ0n) is 11.0. The van der Waals surface area contributed by atoms with Crippen molar-refractivity contribution in [3.8, 4) is 0 Å². The number of nitrogens with one attached hydrogen (secondary N) is 1. The second-order valence-corrected chi connectivity index (χ2v) is 4.71. The second-order valence-electron chi connectivity index (χ2n) is 4.71. The first kappa shape index (κ1) is 12.6. The standard InChI is InChI=1S/C16H18FN/c1-11-8-9-12(2)14(10-11)13(3)18-16-7-5-4-6-15(16)17/h4-10,13,18H,1-3H3.